The number of benzene rings is 2. The Kier molecular flexibility index (Phi) is 4.96. The van der Waals surface area contributed by atoms with Gasteiger partial charge in [-0.15, -0.1) is 0 Å². The van der Waals surface area contributed by atoms with Crippen molar-refractivity contribution in [1.29, 1.82) is 0 Å². The first-order valence-corrected chi connectivity index (χ1v) is 9.23. The number of carboxylic acids is 1. The van der Waals surface area contributed by atoms with Crippen LogP contribution in [0.4, 0.5) is 5.69 Å². The number of nitrogens with zero attached hydrogens (tertiary/aromatic N) is 3. The van der Waals surface area contributed by atoms with Gasteiger partial charge in [0.05, 0.1) is 33.9 Å². The first-order chi connectivity index (χ1) is 14.9. The number of fused-ring (bicyclic) bond motifs is 1. The van der Waals surface area contributed by atoms with E-state index in [4.69, 9.17) is 4.74 Å². The van der Waals surface area contributed by atoms with Crippen LogP contribution in [0.1, 0.15) is 17.3 Å². The summed E-state index contributed by atoms with van der Waals surface area (Å²) in [5.74, 6) is -1.11. The number of hydrogen-bond acceptors (Lipinski definition) is 7. The first kappa shape index (κ1) is 19.8. The maximum absolute atomic E-state index is 12.0. The smallest absolute Gasteiger partial charge is 0.336 e. The number of aromatic carboxylic acids is 1. The van der Waals surface area contributed by atoms with E-state index in [1.807, 2.05) is 0 Å². The van der Waals surface area contributed by atoms with Crippen molar-refractivity contribution in [3.05, 3.63) is 64.2 Å². The summed E-state index contributed by atoms with van der Waals surface area (Å²) in [7, 11) is 0. The zero-order valence-electron chi connectivity index (χ0n) is 16.2. The molecular weight excluding hydrogens is 404 g/mol. The molecule has 0 fully saturated rings. The Morgan fingerprint density at radius 3 is 2.61 bits per heavy atom. The van der Waals surface area contributed by atoms with E-state index >= 15 is 0 Å². The van der Waals surface area contributed by atoms with Gasteiger partial charge in [-0.2, -0.15) is 5.10 Å². The molecule has 2 heterocycles. The number of nitro groups is 1. The lowest BCUT2D eigenvalue weighted by Gasteiger charge is -2.10. The number of carboxylic acid groups (broad SMARTS) is 1. The summed E-state index contributed by atoms with van der Waals surface area (Å²) in [6, 6.07) is 11.9. The van der Waals surface area contributed by atoms with Crippen molar-refractivity contribution in [3.63, 3.8) is 0 Å². The molecule has 0 amide bonds. The number of carbonyl (C=O) groups is 1. The Morgan fingerprint density at radius 1 is 1.23 bits per heavy atom. The predicted molar refractivity (Wildman–Crippen MR) is 111 cm³/mol. The van der Waals surface area contributed by atoms with Gasteiger partial charge in [-0.25, -0.2) is 9.78 Å². The molecule has 2 aromatic heterocycles. The molecule has 31 heavy (non-hydrogen) atoms. The number of rotatable bonds is 6. The first-order valence-electron chi connectivity index (χ1n) is 9.23. The van der Waals surface area contributed by atoms with E-state index in [9.17, 15) is 25.1 Å². The fraction of sp³-hybridized carbons (Fsp3) is 0.0952. The van der Waals surface area contributed by atoms with E-state index in [0.717, 1.165) is 0 Å². The summed E-state index contributed by atoms with van der Waals surface area (Å²) in [6.45, 7) is 2.13. The molecule has 0 spiro atoms. The van der Waals surface area contributed by atoms with E-state index in [1.165, 1.54) is 30.3 Å². The third kappa shape index (κ3) is 3.50. The van der Waals surface area contributed by atoms with Crippen LogP contribution in [0.3, 0.4) is 0 Å². The van der Waals surface area contributed by atoms with E-state index in [-0.39, 0.29) is 39.5 Å². The van der Waals surface area contributed by atoms with Crippen LogP contribution >= 0.6 is 0 Å². The summed E-state index contributed by atoms with van der Waals surface area (Å²) >= 11 is 0. The Labute approximate surface area is 174 Å². The number of para-hydroxylation sites is 1. The summed E-state index contributed by atoms with van der Waals surface area (Å²) in [5, 5.41) is 38.4. The van der Waals surface area contributed by atoms with Crippen LogP contribution in [0.5, 0.6) is 11.5 Å². The average Bonchev–Trinajstić information content (AvgIpc) is 3.18. The van der Waals surface area contributed by atoms with Crippen LogP contribution in [0.15, 0.2) is 48.5 Å². The maximum atomic E-state index is 12.0. The number of nitrogens with one attached hydrogen (secondary N) is 1. The lowest BCUT2D eigenvalue weighted by atomic mass is 10.0. The highest BCUT2D eigenvalue weighted by Gasteiger charge is 2.22. The number of ether oxygens (including phenoxy) is 1. The quantitative estimate of drug-likeness (QED) is 0.313. The molecule has 0 aliphatic rings. The minimum atomic E-state index is -1.21. The molecule has 2 aromatic carbocycles. The van der Waals surface area contributed by atoms with Crippen LogP contribution in [0.2, 0.25) is 0 Å². The van der Waals surface area contributed by atoms with Gasteiger partial charge in [-0.3, -0.25) is 15.2 Å². The van der Waals surface area contributed by atoms with Crippen LogP contribution in [-0.4, -0.2) is 42.9 Å². The molecule has 0 bridgehead atoms. The van der Waals surface area contributed by atoms with Gasteiger partial charge in [-0.05, 0) is 37.3 Å². The van der Waals surface area contributed by atoms with Gasteiger partial charge in [-0.1, -0.05) is 6.07 Å². The monoisotopic (exact) mass is 420 g/mol. The molecule has 10 heteroatoms. The van der Waals surface area contributed by atoms with Gasteiger partial charge in [0.25, 0.3) is 5.69 Å². The molecule has 4 rings (SSSR count). The number of non-ortho nitro benzene ring substituents is 1. The van der Waals surface area contributed by atoms with Gasteiger partial charge in [0.1, 0.15) is 0 Å². The number of aromatic hydroxyl groups is 1. The number of nitro benzene ring substituents is 1. The number of H-pyrrole nitrogens is 1. The average molecular weight is 420 g/mol. The standard InChI is InChI=1S/C21H16N4O6/c1-2-31-16-5-3-4-13(19(16)26)15-10-14(21(27)28)17-18(23-24-20(17)22-15)11-6-8-12(9-7-11)25(29)30/h3-10,26H,2H2,1H3,(H,27,28)(H,22,23,24). The Bertz CT molecular complexity index is 1310. The Morgan fingerprint density at radius 2 is 1.97 bits per heavy atom. The fourth-order valence-corrected chi connectivity index (χ4v) is 3.29. The number of pyridine rings is 1. The Balaban J connectivity index is 1.89. The molecule has 3 N–H and O–H groups in total. The molecule has 0 aliphatic heterocycles. The third-order valence-electron chi connectivity index (χ3n) is 4.70. The minimum absolute atomic E-state index is 0.0803. The third-order valence-corrected chi connectivity index (χ3v) is 4.70. The second-order valence-electron chi connectivity index (χ2n) is 6.55. The van der Waals surface area contributed by atoms with E-state index in [1.54, 1.807) is 25.1 Å². The van der Waals surface area contributed by atoms with E-state index < -0.39 is 10.9 Å². The van der Waals surface area contributed by atoms with Crippen molar-refractivity contribution in [1.82, 2.24) is 15.2 Å². The second-order valence-corrected chi connectivity index (χ2v) is 6.55. The molecule has 4 aromatic rings. The van der Waals surface area contributed by atoms with Crippen LogP contribution in [0, 0.1) is 10.1 Å². The molecule has 10 nitrogen and oxygen atoms in total. The molecule has 0 atom stereocenters. The largest absolute Gasteiger partial charge is 0.504 e. The molecule has 0 saturated carbocycles. The van der Waals surface area contributed by atoms with Crippen molar-refractivity contribution in [2.45, 2.75) is 6.92 Å². The van der Waals surface area contributed by atoms with Crippen molar-refractivity contribution in [3.8, 4) is 34.0 Å². The minimum Gasteiger partial charge on any atom is -0.504 e. The second kappa shape index (κ2) is 7.75. The highest BCUT2D eigenvalue weighted by atomic mass is 16.6. The molecule has 0 radical (unpaired) electrons. The zero-order chi connectivity index (χ0) is 22.1. The number of hydrogen-bond donors (Lipinski definition) is 3. The number of phenols is 1. The fourth-order valence-electron chi connectivity index (χ4n) is 3.29. The summed E-state index contributed by atoms with van der Waals surface area (Å²) in [5.41, 5.74) is 1.37. The number of aromatic nitrogens is 3. The van der Waals surface area contributed by atoms with Gasteiger partial charge in [0, 0.05) is 23.3 Å². The summed E-state index contributed by atoms with van der Waals surface area (Å²) in [4.78, 5) is 26.8. The number of phenolic OH excluding ortho intramolecular Hbond substituents is 1. The van der Waals surface area contributed by atoms with Gasteiger partial charge in [0.15, 0.2) is 17.1 Å². The van der Waals surface area contributed by atoms with Gasteiger partial charge >= 0.3 is 5.97 Å². The summed E-state index contributed by atoms with van der Waals surface area (Å²) in [6.07, 6.45) is 0. The predicted octanol–water partition coefficient (Wildman–Crippen LogP) is 4.00. The van der Waals surface area contributed by atoms with E-state index in [2.05, 4.69) is 15.2 Å². The van der Waals surface area contributed by atoms with Crippen molar-refractivity contribution >= 4 is 22.7 Å². The normalized spacial score (nSPS) is 10.9. The van der Waals surface area contributed by atoms with Crippen molar-refractivity contribution in [2.24, 2.45) is 0 Å². The molecule has 0 saturated heterocycles. The van der Waals surface area contributed by atoms with E-state index in [0.29, 0.717) is 23.4 Å². The Hall–Kier alpha value is -4.47. The summed E-state index contributed by atoms with van der Waals surface area (Å²) < 4.78 is 5.39. The highest BCUT2D eigenvalue weighted by molar-refractivity contribution is 6.08. The maximum Gasteiger partial charge on any atom is 0.336 e. The number of aromatic amines is 1. The SMILES string of the molecule is CCOc1cccc(-c2cc(C(=O)O)c3c(-c4ccc([N+](=O)[O-])cc4)[nH]nc3n2)c1O. The highest BCUT2D eigenvalue weighted by Crippen LogP contribution is 2.38. The molecule has 0 unspecified atom stereocenters. The molecule has 0 aliphatic carbocycles. The molecular formula is C21H16N4O6. The van der Waals surface area contributed by atoms with Crippen molar-refractivity contribution < 1.29 is 24.7 Å². The lowest BCUT2D eigenvalue weighted by Crippen LogP contribution is -2.01. The topological polar surface area (TPSA) is 151 Å². The zero-order valence-corrected chi connectivity index (χ0v) is 16.2. The van der Waals surface area contributed by atoms with Crippen molar-refractivity contribution in [2.75, 3.05) is 6.61 Å². The van der Waals surface area contributed by atoms with Crippen LogP contribution < -0.4 is 4.74 Å². The lowest BCUT2D eigenvalue weighted by molar-refractivity contribution is -0.384. The molecule has 156 valence electrons. The van der Waals surface area contributed by atoms with Gasteiger partial charge < -0.3 is 14.9 Å². The van der Waals surface area contributed by atoms with Crippen LogP contribution in [-0.2, 0) is 0 Å². The van der Waals surface area contributed by atoms with Crippen LogP contribution in [0.25, 0.3) is 33.5 Å². The van der Waals surface area contributed by atoms with Gasteiger partial charge in [0.2, 0.25) is 0 Å².